The van der Waals surface area contributed by atoms with Crippen molar-refractivity contribution in [1.29, 1.82) is 0 Å². The molecule has 1 fully saturated rings. The van der Waals surface area contributed by atoms with E-state index in [0.717, 1.165) is 29.3 Å². The number of nitrogens with zero attached hydrogens (tertiary/aromatic N) is 1. The number of amides is 1. The second-order valence-corrected chi connectivity index (χ2v) is 7.70. The number of carbonyl (C=O) groups excluding carboxylic acids is 1. The minimum atomic E-state index is -0.639. The van der Waals surface area contributed by atoms with Gasteiger partial charge in [0.2, 0.25) is 5.91 Å². The zero-order chi connectivity index (χ0) is 20.4. The zero-order valence-electron chi connectivity index (χ0n) is 16.7. The number of halogens is 1. The molecular weight excluding hydrogens is 367 g/mol. The average molecular weight is 392 g/mol. The largest absolute Gasteiger partial charge is 0.494 e. The number of nitrogens with one attached hydrogen (secondary N) is 1. The molecule has 0 spiro atoms. The lowest BCUT2D eigenvalue weighted by Crippen LogP contribution is -2.65. The Morgan fingerprint density at radius 2 is 1.83 bits per heavy atom. The molecule has 1 unspecified atom stereocenters. The minimum absolute atomic E-state index is 0.0278. The summed E-state index contributed by atoms with van der Waals surface area (Å²) in [7, 11) is 1.46. The van der Waals surface area contributed by atoms with E-state index in [9.17, 15) is 9.18 Å². The predicted molar refractivity (Wildman–Crippen MR) is 112 cm³/mol. The van der Waals surface area contributed by atoms with Gasteiger partial charge in [-0.2, -0.15) is 0 Å². The lowest BCUT2D eigenvalue weighted by Gasteiger charge is -2.49. The average Bonchev–Trinajstić information content (AvgIpc) is 2.75. The van der Waals surface area contributed by atoms with Crippen LogP contribution in [0.1, 0.15) is 24.5 Å². The molecule has 1 N–H and O–H groups in total. The van der Waals surface area contributed by atoms with E-state index in [0.29, 0.717) is 18.7 Å². The van der Waals surface area contributed by atoms with Crippen molar-refractivity contribution >= 4 is 16.7 Å². The van der Waals surface area contributed by atoms with Crippen molar-refractivity contribution in [1.82, 2.24) is 10.2 Å². The van der Waals surface area contributed by atoms with Gasteiger partial charge in [-0.3, -0.25) is 9.69 Å². The quantitative estimate of drug-likeness (QED) is 0.681. The van der Waals surface area contributed by atoms with Gasteiger partial charge in [-0.25, -0.2) is 4.39 Å². The lowest BCUT2D eigenvalue weighted by atomic mass is 9.85. The Morgan fingerprint density at radius 3 is 2.59 bits per heavy atom. The number of carbonyl (C=O) groups is 1. The maximum atomic E-state index is 14.5. The second-order valence-electron chi connectivity index (χ2n) is 7.70. The normalized spacial score (nSPS) is 19.0. The van der Waals surface area contributed by atoms with E-state index < -0.39 is 5.54 Å². The highest BCUT2D eigenvalue weighted by atomic mass is 19.1. The van der Waals surface area contributed by atoms with Crippen LogP contribution in [0.2, 0.25) is 0 Å². The maximum Gasteiger partial charge on any atom is 0.240 e. The van der Waals surface area contributed by atoms with Crippen molar-refractivity contribution in [2.45, 2.75) is 32.0 Å². The van der Waals surface area contributed by atoms with Gasteiger partial charge in [-0.05, 0) is 35.7 Å². The van der Waals surface area contributed by atoms with Crippen molar-refractivity contribution in [2.75, 3.05) is 13.7 Å². The fourth-order valence-electron chi connectivity index (χ4n) is 3.97. The molecule has 1 aliphatic rings. The number of benzene rings is 3. The number of hydrogen-bond donors (Lipinski definition) is 1. The van der Waals surface area contributed by atoms with Crippen molar-refractivity contribution in [3.8, 4) is 5.75 Å². The first-order valence-corrected chi connectivity index (χ1v) is 9.84. The van der Waals surface area contributed by atoms with E-state index in [4.69, 9.17) is 4.74 Å². The van der Waals surface area contributed by atoms with Gasteiger partial charge in [0, 0.05) is 25.2 Å². The summed E-state index contributed by atoms with van der Waals surface area (Å²) >= 11 is 0. The Bertz CT molecular complexity index is 1050. The monoisotopic (exact) mass is 392 g/mol. The molecule has 29 heavy (non-hydrogen) atoms. The lowest BCUT2D eigenvalue weighted by molar-refractivity contribution is -0.142. The minimum Gasteiger partial charge on any atom is -0.494 e. The molecule has 1 amide bonds. The summed E-state index contributed by atoms with van der Waals surface area (Å²) in [5, 5.41) is 5.39. The fraction of sp³-hybridized carbons (Fsp3) is 0.292. The van der Waals surface area contributed by atoms with Crippen LogP contribution >= 0.6 is 0 Å². The molecular formula is C24H25FN2O2. The number of ether oxygens (including phenoxy) is 1. The summed E-state index contributed by atoms with van der Waals surface area (Å²) in [5.41, 5.74) is 0.988. The Balaban J connectivity index is 1.45. The third-order valence-electron chi connectivity index (χ3n) is 6.00. The van der Waals surface area contributed by atoms with E-state index in [1.807, 2.05) is 36.1 Å². The van der Waals surface area contributed by atoms with E-state index in [2.05, 4.69) is 23.5 Å². The summed E-state index contributed by atoms with van der Waals surface area (Å²) in [6, 6.07) is 19.4. The number of rotatable bonds is 6. The number of methoxy groups -OCH3 is 1. The number of hydrogen-bond acceptors (Lipinski definition) is 3. The molecule has 4 rings (SSSR count). The third kappa shape index (κ3) is 3.58. The standard InChI is InChI=1S/C24H25FN2O2/c1-24(13-14-27(24)16-19-10-6-12-21(29-2)22(19)25)23(28)26-15-18-9-5-8-17-7-3-4-11-20(17)18/h3-12H,13-16H2,1-2H3,(H,26,28). The summed E-state index contributed by atoms with van der Waals surface area (Å²) in [5.74, 6) is -0.162. The smallest absolute Gasteiger partial charge is 0.240 e. The SMILES string of the molecule is COc1cccc(CN2CCC2(C)C(=O)NCc2cccc3ccccc23)c1F. The Morgan fingerprint density at radius 1 is 1.10 bits per heavy atom. The molecule has 0 aliphatic carbocycles. The molecule has 3 aromatic rings. The molecule has 0 bridgehead atoms. The van der Waals surface area contributed by atoms with Gasteiger partial charge in [0.25, 0.3) is 0 Å². The highest BCUT2D eigenvalue weighted by molar-refractivity contribution is 5.89. The summed E-state index contributed by atoms with van der Waals surface area (Å²) in [6.45, 7) is 3.53. The highest BCUT2D eigenvalue weighted by Gasteiger charge is 2.46. The Hall–Kier alpha value is -2.92. The van der Waals surface area contributed by atoms with E-state index in [-0.39, 0.29) is 17.5 Å². The van der Waals surface area contributed by atoms with Crippen LogP contribution in [0.25, 0.3) is 10.8 Å². The molecule has 0 radical (unpaired) electrons. The molecule has 1 heterocycles. The first-order valence-electron chi connectivity index (χ1n) is 9.84. The fourth-order valence-corrected chi connectivity index (χ4v) is 3.97. The van der Waals surface area contributed by atoms with Crippen LogP contribution in [0.4, 0.5) is 4.39 Å². The topological polar surface area (TPSA) is 41.6 Å². The summed E-state index contributed by atoms with van der Waals surface area (Å²) in [4.78, 5) is 15.0. The van der Waals surface area contributed by atoms with Crippen LogP contribution in [0.5, 0.6) is 5.75 Å². The van der Waals surface area contributed by atoms with E-state index in [1.54, 1.807) is 18.2 Å². The van der Waals surface area contributed by atoms with Crippen LogP contribution in [0.3, 0.4) is 0 Å². The van der Waals surface area contributed by atoms with Gasteiger partial charge in [-0.1, -0.05) is 54.6 Å². The zero-order valence-corrected chi connectivity index (χ0v) is 16.7. The molecule has 1 atom stereocenters. The van der Waals surface area contributed by atoms with Gasteiger partial charge in [0.15, 0.2) is 11.6 Å². The third-order valence-corrected chi connectivity index (χ3v) is 6.00. The molecule has 1 saturated heterocycles. The second kappa shape index (κ2) is 7.84. The van der Waals surface area contributed by atoms with Gasteiger partial charge in [-0.15, -0.1) is 0 Å². The molecule has 5 heteroatoms. The first kappa shape index (κ1) is 19.4. The first-order chi connectivity index (χ1) is 14.0. The van der Waals surface area contributed by atoms with Gasteiger partial charge in [0.05, 0.1) is 12.6 Å². The van der Waals surface area contributed by atoms with E-state index >= 15 is 0 Å². The van der Waals surface area contributed by atoms with Crippen LogP contribution in [-0.2, 0) is 17.9 Å². The van der Waals surface area contributed by atoms with Crippen molar-refractivity contribution in [3.63, 3.8) is 0 Å². The predicted octanol–water partition coefficient (Wildman–Crippen LogP) is 4.27. The van der Waals surface area contributed by atoms with Crippen molar-refractivity contribution in [2.24, 2.45) is 0 Å². The molecule has 0 saturated carbocycles. The van der Waals surface area contributed by atoms with Crippen LogP contribution in [0.15, 0.2) is 60.7 Å². The van der Waals surface area contributed by atoms with Gasteiger partial charge >= 0.3 is 0 Å². The summed E-state index contributed by atoms with van der Waals surface area (Å²) < 4.78 is 19.6. The summed E-state index contributed by atoms with van der Waals surface area (Å²) in [6.07, 6.45) is 0.750. The Labute approximate surface area is 170 Å². The van der Waals surface area contributed by atoms with Crippen LogP contribution in [0, 0.1) is 5.82 Å². The highest BCUT2D eigenvalue weighted by Crippen LogP contribution is 2.34. The van der Waals surface area contributed by atoms with E-state index in [1.165, 1.54) is 7.11 Å². The van der Waals surface area contributed by atoms with Gasteiger partial charge < -0.3 is 10.1 Å². The molecule has 150 valence electrons. The molecule has 3 aromatic carbocycles. The van der Waals surface area contributed by atoms with Crippen LogP contribution < -0.4 is 10.1 Å². The van der Waals surface area contributed by atoms with Crippen molar-refractivity contribution < 1.29 is 13.9 Å². The maximum absolute atomic E-state index is 14.5. The molecule has 0 aromatic heterocycles. The Kier molecular flexibility index (Phi) is 5.24. The molecule has 1 aliphatic heterocycles. The molecule has 4 nitrogen and oxygen atoms in total. The van der Waals surface area contributed by atoms with Gasteiger partial charge in [0.1, 0.15) is 0 Å². The van der Waals surface area contributed by atoms with Crippen molar-refractivity contribution in [3.05, 3.63) is 77.6 Å². The number of likely N-dealkylation sites (tertiary alicyclic amines) is 1. The number of fused-ring (bicyclic) bond motifs is 1. The van der Waals surface area contributed by atoms with Crippen LogP contribution in [-0.4, -0.2) is 30.0 Å².